The molecule has 0 aliphatic heterocycles. The minimum absolute atomic E-state index is 0.0225. The van der Waals surface area contributed by atoms with Gasteiger partial charge in [-0.2, -0.15) is 0 Å². The summed E-state index contributed by atoms with van der Waals surface area (Å²) in [5.41, 5.74) is 0.369. The standard InChI is InChI=1S/C13H17N3O5S/c1-13(2,3)22(19,20)9-6-16-7-10(15-12(17)18)14-11(16)5-8(9)21-4/h5-7,15H,1-4H3,(H,17,18). The summed E-state index contributed by atoms with van der Waals surface area (Å²) in [6, 6.07) is 1.45. The summed E-state index contributed by atoms with van der Waals surface area (Å²) in [4.78, 5) is 14.7. The van der Waals surface area contributed by atoms with E-state index in [-0.39, 0.29) is 16.5 Å². The van der Waals surface area contributed by atoms with Gasteiger partial charge in [0.05, 0.1) is 18.1 Å². The van der Waals surface area contributed by atoms with E-state index >= 15 is 0 Å². The Balaban J connectivity index is 2.67. The molecule has 8 nitrogen and oxygen atoms in total. The second-order valence-electron chi connectivity index (χ2n) is 5.64. The van der Waals surface area contributed by atoms with Gasteiger partial charge in [0.15, 0.2) is 15.7 Å². The van der Waals surface area contributed by atoms with Gasteiger partial charge in [0.2, 0.25) is 0 Å². The molecule has 1 amide bonds. The smallest absolute Gasteiger partial charge is 0.410 e. The number of amides is 1. The summed E-state index contributed by atoms with van der Waals surface area (Å²) in [6.07, 6.45) is 1.51. The molecule has 0 saturated heterocycles. The number of anilines is 1. The number of imidazole rings is 1. The Hall–Kier alpha value is -2.29. The molecule has 22 heavy (non-hydrogen) atoms. The van der Waals surface area contributed by atoms with Crippen LogP contribution in [0.5, 0.6) is 5.75 Å². The van der Waals surface area contributed by atoms with Gasteiger partial charge in [0, 0.05) is 12.3 Å². The fourth-order valence-electron chi connectivity index (χ4n) is 1.86. The molecule has 2 aromatic rings. The number of ether oxygens (including phenoxy) is 1. The Morgan fingerprint density at radius 3 is 2.50 bits per heavy atom. The SMILES string of the molecule is COc1cc2nc(NC(=O)O)cn2cc1S(=O)(=O)C(C)(C)C. The molecule has 0 aliphatic rings. The predicted octanol–water partition coefficient (Wildman–Crippen LogP) is 2.00. The molecule has 0 aliphatic carbocycles. The van der Waals surface area contributed by atoms with Gasteiger partial charge in [-0.25, -0.2) is 18.2 Å². The lowest BCUT2D eigenvalue weighted by Crippen LogP contribution is -2.28. The molecule has 0 aromatic carbocycles. The maximum atomic E-state index is 12.6. The summed E-state index contributed by atoms with van der Waals surface area (Å²) >= 11 is 0. The van der Waals surface area contributed by atoms with Gasteiger partial charge in [-0.15, -0.1) is 0 Å². The molecular weight excluding hydrogens is 310 g/mol. The molecule has 0 radical (unpaired) electrons. The van der Waals surface area contributed by atoms with Crippen molar-refractivity contribution in [2.75, 3.05) is 12.4 Å². The Kier molecular flexibility index (Phi) is 3.78. The minimum Gasteiger partial charge on any atom is -0.495 e. The average Bonchev–Trinajstić information content (AvgIpc) is 2.75. The van der Waals surface area contributed by atoms with Gasteiger partial charge in [0.25, 0.3) is 0 Å². The quantitative estimate of drug-likeness (QED) is 0.892. The van der Waals surface area contributed by atoms with Crippen LogP contribution in [-0.2, 0) is 9.84 Å². The van der Waals surface area contributed by atoms with E-state index in [1.165, 1.54) is 30.0 Å². The number of carboxylic acid groups (broad SMARTS) is 1. The summed E-state index contributed by atoms with van der Waals surface area (Å²) < 4.78 is 30.9. The zero-order chi connectivity index (χ0) is 16.7. The number of sulfone groups is 1. The van der Waals surface area contributed by atoms with E-state index in [1.807, 2.05) is 0 Å². The normalized spacial score (nSPS) is 12.4. The Morgan fingerprint density at radius 1 is 1.36 bits per heavy atom. The first-order valence-electron chi connectivity index (χ1n) is 6.37. The maximum Gasteiger partial charge on any atom is 0.410 e. The number of methoxy groups -OCH3 is 1. The van der Waals surface area contributed by atoms with Crippen LogP contribution < -0.4 is 10.1 Å². The molecule has 0 atom stereocenters. The maximum absolute atomic E-state index is 12.6. The van der Waals surface area contributed by atoms with Crippen LogP contribution in [0.15, 0.2) is 23.4 Å². The Labute approximate surface area is 127 Å². The van der Waals surface area contributed by atoms with Crippen molar-refractivity contribution in [3.8, 4) is 5.75 Å². The largest absolute Gasteiger partial charge is 0.495 e. The van der Waals surface area contributed by atoms with Gasteiger partial charge in [0.1, 0.15) is 16.3 Å². The molecule has 120 valence electrons. The molecule has 2 rings (SSSR count). The lowest BCUT2D eigenvalue weighted by molar-refractivity contribution is 0.209. The zero-order valence-electron chi connectivity index (χ0n) is 12.6. The first kappa shape index (κ1) is 16.1. The van der Waals surface area contributed by atoms with Crippen LogP contribution in [0.2, 0.25) is 0 Å². The summed E-state index contributed by atoms with van der Waals surface area (Å²) in [5.74, 6) is 0.259. The van der Waals surface area contributed by atoms with E-state index in [9.17, 15) is 13.2 Å². The minimum atomic E-state index is -3.63. The monoisotopic (exact) mass is 327 g/mol. The van der Waals surface area contributed by atoms with Crippen molar-refractivity contribution in [2.24, 2.45) is 0 Å². The van der Waals surface area contributed by atoms with E-state index < -0.39 is 20.7 Å². The molecule has 9 heteroatoms. The molecule has 2 heterocycles. The lowest BCUT2D eigenvalue weighted by Gasteiger charge is -2.20. The molecule has 0 saturated carbocycles. The Morgan fingerprint density at radius 2 is 2.00 bits per heavy atom. The van der Waals surface area contributed by atoms with Gasteiger partial charge < -0.3 is 14.2 Å². The number of fused-ring (bicyclic) bond motifs is 1. The number of hydrogen-bond acceptors (Lipinski definition) is 5. The molecule has 0 unspecified atom stereocenters. The van der Waals surface area contributed by atoms with E-state index in [2.05, 4.69) is 10.3 Å². The highest BCUT2D eigenvalue weighted by molar-refractivity contribution is 7.92. The fraction of sp³-hybridized carbons (Fsp3) is 0.385. The van der Waals surface area contributed by atoms with E-state index in [1.54, 1.807) is 20.8 Å². The molecule has 0 bridgehead atoms. The van der Waals surface area contributed by atoms with Crippen LogP contribution in [0.1, 0.15) is 20.8 Å². The lowest BCUT2D eigenvalue weighted by atomic mass is 10.3. The first-order chi connectivity index (χ1) is 10.1. The Bertz CT molecular complexity index is 833. The van der Waals surface area contributed by atoms with E-state index in [0.29, 0.717) is 5.65 Å². The van der Waals surface area contributed by atoms with E-state index in [0.717, 1.165) is 0 Å². The van der Waals surface area contributed by atoms with Gasteiger partial charge in [-0.05, 0) is 20.8 Å². The summed E-state index contributed by atoms with van der Waals surface area (Å²) in [5, 5.41) is 10.8. The van der Waals surface area contributed by atoms with Crippen LogP contribution in [0, 0.1) is 0 Å². The third-order valence-electron chi connectivity index (χ3n) is 3.07. The number of hydrogen-bond donors (Lipinski definition) is 2. The highest BCUT2D eigenvalue weighted by atomic mass is 32.2. The topological polar surface area (TPSA) is 110 Å². The predicted molar refractivity (Wildman–Crippen MR) is 80.3 cm³/mol. The van der Waals surface area contributed by atoms with Crippen molar-refractivity contribution >= 4 is 27.4 Å². The van der Waals surface area contributed by atoms with Crippen LogP contribution in [-0.4, -0.2) is 40.9 Å². The fourth-order valence-corrected chi connectivity index (χ4v) is 3.18. The average molecular weight is 327 g/mol. The van der Waals surface area contributed by atoms with Crippen molar-refractivity contribution in [1.82, 2.24) is 9.38 Å². The van der Waals surface area contributed by atoms with Crippen LogP contribution in [0.3, 0.4) is 0 Å². The van der Waals surface area contributed by atoms with E-state index in [4.69, 9.17) is 9.84 Å². The number of carbonyl (C=O) groups is 1. The van der Waals surface area contributed by atoms with Crippen LogP contribution in [0.25, 0.3) is 5.65 Å². The van der Waals surface area contributed by atoms with Crippen molar-refractivity contribution in [1.29, 1.82) is 0 Å². The van der Waals surface area contributed by atoms with Crippen molar-refractivity contribution in [2.45, 2.75) is 30.4 Å². The second kappa shape index (κ2) is 5.16. The van der Waals surface area contributed by atoms with Crippen LogP contribution in [0.4, 0.5) is 10.6 Å². The third-order valence-corrected chi connectivity index (χ3v) is 5.57. The highest BCUT2D eigenvalue weighted by Gasteiger charge is 2.34. The number of nitrogens with one attached hydrogen (secondary N) is 1. The highest BCUT2D eigenvalue weighted by Crippen LogP contribution is 2.33. The molecule has 0 spiro atoms. The van der Waals surface area contributed by atoms with Gasteiger partial charge in [-0.3, -0.25) is 5.32 Å². The zero-order valence-corrected chi connectivity index (χ0v) is 13.4. The number of nitrogens with zero attached hydrogens (tertiary/aromatic N) is 2. The molecular formula is C13H17N3O5S. The van der Waals surface area contributed by atoms with Crippen molar-refractivity contribution in [3.05, 3.63) is 18.5 Å². The van der Waals surface area contributed by atoms with Crippen LogP contribution >= 0.6 is 0 Å². The third kappa shape index (κ3) is 2.71. The number of pyridine rings is 1. The van der Waals surface area contributed by atoms with Gasteiger partial charge >= 0.3 is 6.09 Å². The van der Waals surface area contributed by atoms with Gasteiger partial charge in [-0.1, -0.05) is 0 Å². The number of rotatable bonds is 3. The van der Waals surface area contributed by atoms with Crippen molar-refractivity contribution in [3.63, 3.8) is 0 Å². The summed E-state index contributed by atoms with van der Waals surface area (Å²) in [6.45, 7) is 4.78. The molecule has 0 fully saturated rings. The second-order valence-corrected chi connectivity index (χ2v) is 8.32. The molecule has 2 aromatic heterocycles. The summed E-state index contributed by atoms with van der Waals surface area (Å²) in [7, 11) is -2.27. The number of aromatic nitrogens is 2. The first-order valence-corrected chi connectivity index (χ1v) is 7.86. The molecule has 2 N–H and O–H groups in total. The van der Waals surface area contributed by atoms with Crippen molar-refractivity contribution < 1.29 is 23.1 Å².